The van der Waals surface area contributed by atoms with E-state index in [-0.39, 0.29) is 18.0 Å². The summed E-state index contributed by atoms with van der Waals surface area (Å²) in [6, 6.07) is 9.25. The SMILES string of the molecule is COc1cc(N2CCc3cc(C4N=CC=CN4)ncc3C2C)cc(F)c1-c1ccncc1. The van der Waals surface area contributed by atoms with Gasteiger partial charge in [0.2, 0.25) is 0 Å². The van der Waals surface area contributed by atoms with Gasteiger partial charge < -0.3 is 15.0 Å². The Labute approximate surface area is 186 Å². The third-order valence-corrected chi connectivity index (χ3v) is 6.10. The average Bonchev–Trinajstić information content (AvgIpc) is 2.84. The Hall–Kier alpha value is -3.74. The summed E-state index contributed by atoms with van der Waals surface area (Å²) in [7, 11) is 1.57. The van der Waals surface area contributed by atoms with E-state index >= 15 is 4.39 Å². The van der Waals surface area contributed by atoms with Crippen molar-refractivity contribution >= 4 is 11.9 Å². The van der Waals surface area contributed by atoms with Crippen molar-refractivity contribution in [1.82, 2.24) is 15.3 Å². The van der Waals surface area contributed by atoms with E-state index in [4.69, 9.17) is 4.74 Å². The summed E-state index contributed by atoms with van der Waals surface area (Å²) < 4.78 is 20.8. The van der Waals surface area contributed by atoms with Crippen molar-refractivity contribution in [1.29, 1.82) is 0 Å². The Kier molecular flexibility index (Phi) is 5.31. The average molecular weight is 429 g/mol. The van der Waals surface area contributed by atoms with Crippen molar-refractivity contribution in [3.05, 3.63) is 83.8 Å². The lowest BCUT2D eigenvalue weighted by atomic mass is 9.93. The molecule has 5 rings (SSSR count). The van der Waals surface area contributed by atoms with Gasteiger partial charge in [-0.15, -0.1) is 0 Å². The molecule has 0 bridgehead atoms. The molecule has 0 saturated carbocycles. The predicted molar refractivity (Wildman–Crippen MR) is 123 cm³/mol. The molecule has 4 heterocycles. The zero-order valence-corrected chi connectivity index (χ0v) is 18.0. The number of anilines is 1. The van der Waals surface area contributed by atoms with Gasteiger partial charge in [-0.2, -0.15) is 0 Å². The molecule has 3 aromatic rings. The van der Waals surface area contributed by atoms with E-state index in [1.54, 1.807) is 43.9 Å². The number of hydrogen-bond acceptors (Lipinski definition) is 6. The summed E-state index contributed by atoms with van der Waals surface area (Å²) in [6.07, 6.45) is 11.4. The molecule has 162 valence electrons. The largest absolute Gasteiger partial charge is 0.496 e. The van der Waals surface area contributed by atoms with E-state index in [0.29, 0.717) is 11.3 Å². The van der Waals surface area contributed by atoms with Crippen LogP contribution in [0.15, 0.2) is 66.2 Å². The van der Waals surface area contributed by atoms with Crippen LogP contribution in [-0.2, 0) is 6.42 Å². The number of halogens is 1. The van der Waals surface area contributed by atoms with E-state index < -0.39 is 0 Å². The molecule has 0 amide bonds. The molecule has 0 saturated heterocycles. The standard InChI is InChI=1S/C25H24FN5O/c1-16-20-15-30-22(25-28-7-3-8-29-25)12-18(20)6-11-31(16)19-13-21(26)24(23(14-19)32-2)17-4-9-27-10-5-17/h3-5,7-10,12-16,25,28H,6,11H2,1-2H3. The molecule has 1 aromatic carbocycles. The third-order valence-electron chi connectivity index (χ3n) is 6.10. The monoisotopic (exact) mass is 429 g/mol. The normalized spacial score (nSPS) is 19.4. The topological polar surface area (TPSA) is 62.6 Å². The molecule has 1 N–H and O–H groups in total. The highest BCUT2D eigenvalue weighted by Gasteiger charge is 2.27. The summed E-state index contributed by atoms with van der Waals surface area (Å²) in [4.78, 5) is 15.3. The van der Waals surface area contributed by atoms with Crippen molar-refractivity contribution in [2.75, 3.05) is 18.6 Å². The van der Waals surface area contributed by atoms with Crippen LogP contribution in [0.2, 0.25) is 0 Å². The zero-order valence-electron chi connectivity index (χ0n) is 18.0. The Bertz CT molecular complexity index is 1190. The Morgan fingerprint density at radius 3 is 2.78 bits per heavy atom. The number of ether oxygens (including phenoxy) is 1. The second-order valence-electron chi connectivity index (χ2n) is 7.89. The number of methoxy groups -OCH3 is 1. The minimum Gasteiger partial charge on any atom is -0.496 e. The van der Waals surface area contributed by atoms with E-state index in [0.717, 1.165) is 35.5 Å². The predicted octanol–water partition coefficient (Wildman–Crippen LogP) is 4.60. The van der Waals surface area contributed by atoms with Crippen molar-refractivity contribution < 1.29 is 9.13 Å². The lowest BCUT2D eigenvalue weighted by molar-refractivity contribution is 0.413. The number of aliphatic imine (C=N–C) groups is 1. The molecule has 2 unspecified atom stereocenters. The van der Waals surface area contributed by atoms with Crippen molar-refractivity contribution in [2.24, 2.45) is 4.99 Å². The number of nitrogens with one attached hydrogen (secondary N) is 1. The summed E-state index contributed by atoms with van der Waals surface area (Å²) in [5.41, 5.74) is 5.29. The fourth-order valence-corrected chi connectivity index (χ4v) is 4.45. The molecule has 2 aromatic heterocycles. The van der Waals surface area contributed by atoms with Gasteiger partial charge in [-0.05, 0) is 66.6 Å². The second kappa shape index (κ2) is 8.42. The van der Waals surface area contributed by atoms with Gasteiger partial charge >= 0.3 is 0 Å². The maximum absolute atomic E-state index is 15.3. The summed E-state index contributed by atoms with van der Waals surface area (Å²) in [5.74, 6) is 0.193. The molecule has 0 fully saturated rings. The second-order valence-corrected chi connectivity index (χ2v) is 7.89. The Morgan fingerprint density at radius 2 is 2.03 bits per heavy atom. The maximum Gasteiger partial charge on any atom is 0.161 e. The van der Waals surface area contributed by atoms with E-state index in [2.05, 4.69) is 38.2 Å². The van der Waals surface area contributed by atoms with Gasteiger partial charge in [0.25, 0.3) is 0 Å². The summed E-state index contributed by atoms with van der Waals surface area (Å²) in [6.45, 7) is 2.90. The Balaban J connectivity index is 1.46. The summed E-state index contributed by atoms with van der Waals surface area (Å²) >= 11 is 0. The van der Waals surface area contributed by atoms with Crippen LogP contribution in [0.5, 0.6) is 5.75 Å². The molecular formula is C25H24FN5O. The van der Waals surface area contributed by atoms with E-state index in [1.165, 1.54) is 5.56 Å². The van der Waals surface area contributed by atoms with Crippen LogP contribution in [0.4, 0.5) is 10.1 Å². The van der Waals surface area contributed by atoms with Gasteiger partial charge in [0.05, 0.1) is 24.4 Å². The minimum atomic E-state index is -0.314. The number of rotatable bonds is 4. The van der Waals surface area contributed by atoms with E-state index in [9.17, 15) is 0 Å². The van der Waals surface area contributed by atoms with Crippen LogP contribution in [0, 0.1) is 5.82 Å². The third kappa shape index (κ3) is 3.60. The van der Waals surface area contributed by atoms with Gasteiger partial charge in [-0.25, -0.2) is 4.39 Å². The quantitative estimate of drug-likeness (QED) is 0.657. The van der Waals surface area contributed by atoms with Gasteiger partial charge in [-0.1, -0.05) is 0 Å². The van der Waals surface area contributed by atoms with Crippen LogP contribution in [0.3, 0.4) is 0 Å². The molecule has 0 radical (unpaired) electrons. The van der Waals surface area contributed by atoms with Gasteiger partial charge in [0.15, 0.2) is 6.17 Å². The van der Waals surface area contributed by atoms with Crippen LogP contribution >= 0.6 is 0 Å². The molecule has 6 nitrogen and oxygen atoms in total. The lowest BCUT2D eigenvalue weighted by Gasteiger charge is -2.37. The molecular weight excluding hydrogens is 405 g/mol. The number of fused-ring (bicyclic) bond motifs is 1. The maximum atomic E-state index is 15.3. The number of hydrogen-bond donors (Lipinski definition) is 1. The Morgan fingerprint density at radius 1 is 1.19 bits per heavy atom. The first kappa shape index (κ1) is 20.2. The number of nitrogens with zero attached hydrogens (tertiary/aromatic N) is 4. The molecule has 0 spiro atoms. The molecule has 2 aliphatic rings. The highest BCUT2D eigenvalue weighted by atomic mass is 19.1. The van der Waals surface area contributed by atoms with Crippen molar-refractivity contribution in [3.8, 4) is 16.9 Å². The van der Waals surface area contributed by atoms with Crippen LogP contribution in [0.25, 0.3) is 11.1 Å². The smallest absolute Gasteiger partial charge is 0.161 e. The van der Waals surface area contributed by atoms with Crippen molar-refractivity contribution in [2.45, 2.75) is 25.6 Å². The highest BCUT2D eigenvalue weighted by molar-refractivity contribution is 5.74. The van der Waals surface area contributed by atoms with Gasteiger partial charge in [-0.3, -0.25) is 15.0 Å². The molecule has 2 atom stereocenters. The highest BCUT2D eigenvalue weighted by Crippen LogP contribution is 2.40. The van der Waals surface area contributed by atoms with Crippen LogP contribution < -0.4 is 15.0 Å². The van der Waals surface area contributed by atoms with Gasteiger partial charge in [0.1, 0.15) is 11.6 Å². The first-order valence-electron chi connectivity index (χ1n) is 10.6. The van der Waals surface area contributed by atoms with Crippen molar-refractivity contribution in [3.63, 3.8) is 0 Å². The molecule has 7 heteroatoms. The van der Waals surface area contributed by atoms with Crippen LogP contribution in [0.1, 0.15) is 36.0 Å². The first-order chi connectivity index (χ1) is 15.7. The number of aromatic nitrogens is 2. The number of allylic oxidation sites excluding steroid dienone is 1. The fourth-order valence-electron chi connectivity index (χ4n) is 4.45. The first-order valence-corrected chi connectivity index (χ1v) is 10.6. The zero-order chi connectivity index (χ0) is 22.1. The van der Waals surface area contributed by atoms with Crippen LogP contribution in [-0.4, -0.2) is 29.8 Å². The minimum absolute atomic E-state index is 0.0545. The molecule has 0 aliphatic carbocycles. The molecule has 2 aliphatic heterocycles. The number of benzene rings is 1. The van der Waals surface area contributed by atoms with Gasteiger partial charge in [0, 0.05) is 43.1 Å². The molecule has 32 heavy (non-hydrogen) atoms. The summed E-state index contributed by atoms with van der Waals surface area (Å²) in [5, 5.41) is 3.21. The van der Waals surface area contributed by atoms with E-state index in [1.807, 2.05) is 24.5 Å². The fraction of sp³-hybridized carbons (Fsp3) is 0.240. The number of pyridine rings is 2. The lowest BCUT2D eigenvalue weighted by Crippen LogP contribution is -2.34.